The molecule has 0 fully saturated rings. The summed E-state index contributed by atoms with van der Waals surface area (Å²) in [6.07, 6.45) is 0. The Bertz CT molecular complexity index is 291. The summed E-state index contributed by atoms with van der Waals surface area (Å²) in [6.45, 7) is 6.59. The molecule has 0 spiro atoms. The number of nitrogens with one attached hydrogen (secondary N) is 1. The van der Waals surface area contributed by atoms with Crippen LogP contribution in [0.4, 0.5) is 11.6 Å². The van der Waals surface area contributed by atoms with Gasteiger partial charge in [-0.15, -0.1) is 0 Å². The van der Waals surface area contributed by atoms with Crippen molar-refractivity contribution in [3.05, 3.63) is 18.2 Å². The summed E-state index contributed by atoms with van der Waals surface area (Å²) in [4.78, 5) is 6.50. The summed E-state index contributed by atoms with van der Waals surface area (Å²) in [7, 11) is 0. The van der Waals surface area contributed by atoms with Gasteiger partial charge in [-0.3, -0.25) is 0 Å². The normalized spacial score (nSPS) is 10.1. The third-order valence-corrected chi connectivity index (χ3v) is 2.17. The maximum Gasteiger partial charge on any atom is 0.131 e. The van der Waals surface area contributed by atoms with Gasteiger partial charge < -0.3 is 15.3 Å². The summed E-state index contributed by atoms with van der Waals surface area (Å²) >= 11 is 0. The molecule has 84 valence electrons. The van der Waals surface area contributed by atoms with Crippen LogP contribution in [0.1, 0.15) is 13.8 Å². The molecule has 1 aromatic heterocycles. The number of aromatic nitrogens is 1. The summed E-state index contributed by atoms with van der Waals surface area (Å²) in [5.74, 6) is 1.79. The van der Waals surface area contributed by atoms with E-state index in [-0.39, 0.29) is 6.61 Å². The molecule has 0 amide bonds. The van der Waals surface area contributed by atoms with Crippen LogP contribution in [-0.4, -0.2) is 36.3 Å². The Labute approximate surface area is 90.9 Å². The zero-order valence-corrected chi connectivity index (χ0v) is 9.40. The van der Waals surface area contributed by atoms with Crippen molar-refractivity contribution >= 4 is 11.6 Å². The predicted octanol–water partition coefficient (Wildman–Crippen LogP) is 1.33. The van der Waals surface area contributed by atoms with E-state index in [9.17, 15) is 0 Å². The van der Waals surface area contributed by atoms with Gasteiger partial charge >= 0.3 is 0 Å². The molecule has 4 heteroatoms. The maximum atomic E-state index is 8.92. The van der Waals surface area contributed by atoms with Gasteiger partial charge in [0.15, 0.2) is 0 Å². The molecular weight excluding hydrogens is 190 g/mol. The van der Waals surface area contributed by atoms with Crippen molar-refractivity contribution in [2.24, 2.45) is 0 Å². The van der Waals surface area contributed by atoms with Crippen LogP contribution in [0.3, 0.4) is 0 Å². The van der Waals surface area contributed by atoms with Gasteiger partial charge in [0.1, 0.15) is 11.6 Å². The van der Waals surface area contributed by atoms with E-state index in [2.05, 4.69) is 17.2 Å². The number of pyridine rings is 1. The lowest BCUT2D eigenvalue weighted by Gasteiger charge is -2.21. The number of aliphatic hydroxyl groups is 1. The van der Waals surface area contributed by atoms with Gasteiger partial charge in [-0.25, -0.2) is 4.98 Å². The highest BCUT2D eigenvalue weighted by atomic mass is 16.3. The van der Waals surface area contributed by atoms with E-state index in [1.54, 1.807) is 0 Å². The lowest BCUT2D eigenvalue weighted by Crippen LogP contribution is -2.27. The molecule has 0 saturated carbocycles. The molecule has 0 bridgehead atoms. The van der Waals surface area contributed by atoms with E-state index < -0.39 is 0 Å². The van der Waals surface area contributed by atoms with Gasteiger partial charge in [0.25, 0.3) is 0 Å². The van der Waals surface area contributed by atoms with Gasteiger partial charge in [-0.1, -0.05) is 6.07 Å². The lowest BCUT2D eigenvalue weighted by atomic mass is 10.4. The zero-order chi connectivity index (χ0) is 11.1. The largest absolute Gasteiger partial charge is 0.395 e. The van der Waals surface area contributed by atoms with Crippen molar-refractivity contribution in [1.82, 2.24) is 4.98 Å². The number of hydrogen-bond donors (Lipinski definition) is 2. The van der Waals surface area contributed by atoms with Crippen molar-refractivity contribution < 1.29 is 5.11 Å². The average molecular weight is 209 g/mol. The SMILES string of the molecule is CCNc1cccc(N(CC)CCO)n1. The smallest absolute Gasteiger partial charge is 0.131 e. The lowest BCUT2D eigenvalue weighted by molar-refractivity contribution is 0.302. The van der Waals surface area contributed by atoms with Crippen LogP contribution in [0, 0.1) is 0 Å². The van der Waals surface area contributed by atoms with E-state index in [0.717, 1.165) is 24.7 Å². The van der Waals surface area contributed by atoms with Crippen LogP contribution in [-0.2, 0) is 0 Å². The molecule has 1 rings (SSSR count). The second-order valence-electron chi connectivity index (χ2n) is 3.21. The summed E-state index contributed by atoms with van der Waals surface area (Å²) in [5.41, 5.74) is 0. The minimum Gasteiger partial charge on any atom is -0.395 e. The highest BCUT2D eigenvalue weighted by Crippen LogP contribution is 2.13. The van der Waals surface area contributed by atoms with Crippen molar-refractivity contribution in [2.45, 2.75) is 13.8 Å². The zero-order valence-electron chi connectivity index (χ0n) is 9.40. The van der Waals surface area contributed by atoms with Crippen molar-refractivity contribution in [3.63, 3.8) is 0 Å². The fourth-order valence-corrected chi connectivity index (χ4v) is 1.43. The van der Waals surface area contributed by atoms with E-state index >= 15 is 0 Å². The molecule has 0 aromatic carbocycles. The first kappa shape index (κ1) is 11.8. The van der Waals surface area contributed by atoms with Crippen LogP contribution in [0.25, 0.3) is 0 Å². The first-order valence-corrected chi connectivity index (χ1v) is 5.38. The van der Waals surface area contributed by atoms with E-state index in [0.29, 0.717) is 6.54 Å². The number of nitrogens with zero attached hydrogens (tertiary/aromatic N) is 2. The minimum absolute atomic E-state index is 0.154. The fourth-order valence-electron chi connectivity index (χ4n) is 1.43. The van der Waals surface area contributed by atoms with Crippen LogP contribution < -0.4 is 10.2 Å². The van der Waals surface area contributed by atoms with Crippen LogP contribution >= 0.6 is 0 Å². The van der Waals surface area contributed by atoms with Crippen molar-refractivity contribution in [1.29, 1.82) is 0 Å². The molecule has 0 aliphatic rings. The monoisotopic (exact) mass is 209 g/mol. The fraction of sp³-hybridized carbons (Fsp3) is 0.545. The van der Waals surface area contributed by atoms with Gasteiger partial charge in [0, 0.05) is 19.6 Å². The standard InChI is InChI=1S/C11H19N3O/c1-3-12-10-6-5-7-11(13-10)14(4-2)8-9-15/h5-7,15H,3-4,8-9H2,1-2H3,(H,12,13). The molecular formula is C11H19N3O. The van der Waals surface area contributed by atoms with Crippen LogP contribution in [0.2, 0.25) is 0 Å². The van der Waals surface area contributed by atoms with Crippen LogP contribution in [0.5, 0.6) is 0 Å². The molecule has 0 saturated heterocycles. The predicted molar refractivity (Wildman–Crippen MR) is 63.4 cm³/mol. The number of aliphatic hydroxyl groups excluding tert-OH is 1. The number of rotatable bonds is 6. The Kier molecular flexibility index (Phi) is 4.90. The average Bonchev–Trinajstić information content (AvgIpc) is 2.27. The molecule has 0 atom stereocenters. The first-order chi connectivity index (χ1) is 7.31. The molecule has 0 radical (unpaired) electrons. The third-order valence-electron chi connectivity index (χ3n) is 2.17. The third kappa shape index (κ3) is 3.40. The van der Waals surface area contributed by atoms with E-state index in [4.69, 9.17) is 5.11 Å². The topological polar surface area (TPSA) is 48.4 Å². The Hall–Kier alpha value is -1.29. The van der Waals surface area contributed by atoms with E-state index in [1.165, 1.54) is 0 Å². The quantitative estimate of drug-likeness (QED) is 0.742. The summed E-state index contributed by atoms with van der Waals surface area (Å²) in [6, 6.07) is 5.88. The number of hydrogen-bond acceptors (Lipinski definition) is 4. The van der Waals surface area contributed by atoms with Crippen molar-refractivity contribution in [2.75, 3.05) is 36.5 Å². The highest BCUT2D eigenvalue weighted by molar-refractivity contribution is 5.46. The first-order valence-electron chi connectivity index (χ1n) is 5.38. The van der Waals surface area contributed by atoms with Gasteiger partial charge in [0.2, 0.25) is 0 Å². The number of likely N-dealkylation sites (N-methyl/N-ethyl adjacent to an activating group) is 1. The summed E-state index contributed by atoms with van der Waals surface area (Å²) in [5, 5.41) is 12.1. The molecule has 0 aliphatic heterocycles. The van der Waals surface area contributed by atoms with Gasteiger partial charge in [-0.05, 0) is 26.0 Å². The van der Waals surface area contributed by atoms with Crippen molar-refractivity contribution in [3.8, 4) is 0 Å². The minimum atomic E-state index is 0.154. The second-order valence-corrected chi connectivity index (χ2v) is 3.21. The molecule has 1 heterocycles. The second kappa shape index (κ2) is 6.24. The molecule has 4 nitrogen and oxygen atoms in total. The highest BCUT2D eigenvalue weighted by Gasteiger charge is 2.04. The molecule has 2 N–H and O–H groups in total. The van der Waals surface area contributed by atoms with E-state index in [1.807, 2.05) is 30.0 Å². The van der Waals surface area contributed by atoms with Gasteiger partial charge in [0.05, 0.1) is 6.61 Å². The Balaban J connectivity index is 2.77. The van der Waals surface area contributed by atoms with Gasteiger partial charge in [-0.2, -0.15) is 0 Å². The Morgan fingerprint density at radius 1 is 1.40 bits per heavy atom. The maximum absolute atomic E-state index is 8.92. The molecule has 0 aliphatic carbocycles. The van der Waals surface area contributed by atoms with Crippen LogP contribution in [0.15, 0.2) is 18.2 Å². The molecule has 0 unspecified atom stereocenters. The molecule has 1 aromatic rings. The Morgan fingerprint density at radius 2 is 2.20 bits per heavy atom. The summed E-state index contributed by atoms with van der Waals surface area (Å²) < 4.78 is 0. The molecule has 15 heavy (non-hydrogen) atoms. The number of anilines is 2. The Morgan fingerprint density at radius 3 is 2.80 bits per heavy atom.